The molecule has 0 aliphatic heterocycles. The number of carbonyl (C=O) groups excluding carboxylic acids is 1. The minimum Gasteiger partial charge on any atom is -0.481 e. The topological polar surface area (TPSA) is 66.4 Å². The zero-order valence-corrected chi connectivity index (χ0v) is 14.2. The maximum absolute atomic E-state index is 12.3. The van der Waals surface area contributed by atoms with Crippen LogP contribution in [0.5, 0.6) is 0 Å². The minimum atomic E-state index is -0.916. The maximum Gasteiger partial charge on any atom is 0.308 e. The lowest BCUT2D eigenvalue weighted by Crippen LogP contribution is -2.39. The fourth-order valence-electron chi connectivity index (χ4n) is 2.05. The Bertz CT molecular complexity index is 478. The van der Waals surface area contributed by atoms with Gasteiger partial charge in [-0.25, -0.2) is 0 Å². The summed E-state index contributed by atoms with van der Waals surface area (Å²) in [6.45, 7) is 5.60. The molecule has 1 amide bonds. The highest BCUT2D eigenvalue weighted by atomic mass is 32.2. The summed E-state index contributed by atoms with van der Waals surface area (Å²) < 4.78 is 0. The number of nitrogens with one attached hydrogen (secondary N) is 1. The first-order chi connectivity index (χ1) is 10.5. The van der Waals surface area contributed by atoms with Crippen LogP contribution in [0.3, 0.4) is 0 Å². The van der Waals surface area contributed by atoms with Crippen molar-refractivity contribution >= 4 is 23.6 Å². The van der Waals surface area contributed by atoms with Crippen LogP contribution in [-0.4, -0.2) is 28.0 Å². The van der Waals surface area contributed by atoms with Crippen LogP contribution in [0.2, 0.25) is 0 Å². The molecular weight excluding hydrogens is 298 g/mol. The third-order valence-corrected chi connectivity index (χ3v) is 4.82. The third kappa shape index (κ3) is 5.72. The molecule has 0 saturated heterocycles. The molecule has 5 heteroatoms. The van der Waals surface area contributed by atoms with E-state index in [4.69, 9.17) is 0 Å². The molecule has 1 aromatic carbocycles. The van der Waals surface area contributed by atoms with E-state index in [1.165, 1.54) is 0 Å². The summed E-state index contributed by atoms with van der Waals surface area (Å²) in [7, 11) is 0. The fraction of sp³-hybridized carbons (Fsp3) is 0.529. The van der Waals surface area contributed by atoms with Crippen molar-refractivity contribution in [2.24, 2.45) is 5.92 Å². The van der Waals surface area contributed by atoms with E-state index in [0.29, 0.717) is 0 Å². The van der Waals surface area contributed by atoms with Crippen LogP contribution in [-0.2, 0) is 9.59 Å². The molecule has 3 unspecified atom stereocenters. The van der Waals surface area contributed by atoms with Crippen LogP contribution in [0.15, 0.2) is 30.3 Å². The standard InChI is InChI=1S/C17H25NO3S/c1-4-5-11-22-13(3)16(19)18-15(12(2)17(20)21)14-9-7-6-8-10-14/h6-10,12-13,15H,4-5,11H2,1-3H3,(H,18,19)(H,20,21). The zero-order chi connectivity index (χ0) is 16.5. The molecule has 0 aromatic heterocycles. The lowest BCUT2D eigenvalue weighted by atomic mass is 9.94. The van der Waals surface area contributed by atoms with Gasteiger partial charge in [-0.1, -0.05) is 43.7 Å². The van der Waals surface area contributed by atoms with Gasteiger partial charge in [0.1, 0.15) is 0 Å². The number of carboxylic acid groups (broad SMARTS) is 1. The summed E-state index contributed by atoms with van der Waals surface area (Å²) in [4.78, 5) is 23.6. The molecule has 22 heavy (non-hydrogen) atoms. The molecule has 1 aromatic rings. The SMILES string of the molecule is CCCCSC(C)C(=O)NC(c1ccccc1)C(C)C(=O)O. The Balaban J connectivity index is 2.76. The molecule has 0 heterocycles. The highest BCUT2D eigenvalue weighted by molar-refractivity contribution is 8.00. The van der Waals surface area contributed by atoms with Crippen LogP contribution in [0, 0.1) is 5.92 Å². The van der Waals surface area contributed by atoms with Crippen LogP contribution < -0.4 is 5.32 Å². The van der Waals surface area contributed by atoms with Crippen molar-refractivity contribution in [2.45, 2.75) is 44.9 Å². The quantitative estimate of drug-likeness (QED) is 0.683. The number of hydrogen-bond acceptors (Lipinski definition) is 3. The number of unbranched alkanes of at least 4 members (excludes halogenated alkanes) is 1. The van der Waals surface area contributed by atoms with Crippen molar-refractivity contribution in [3.8, 4) is 0 Å². The first-order valence-electron chi connectivity index (χ1n) is 7.67. The first kappa shape index (κ1) is 18.6. The number of carbonyl (C=O) groups is 2. The van der Waals surface area contributed by atoms with Gasteiger partial charge >= 0.3 is 5.97 Å². The average molecular weight is 323 g/mol. The second kappa shape index (κ2) is 9.51. The van der Waals surface area contributed by atoms with Gasteiger partial charge in [0.25, 0.3) is 0 Å². The van der Waals surface area contributed by atoms with E-state index in [0.717, 1.165) is 24.2 Å². The Morgan fingerprint density at radius 2 is 1.86 bits per heavy atom. The fourth-order valence-corrected chi connectivity index (χ4v) is 3.08. The Morgan fingerprint density at radius 3 is 2.41 bits per heavy atom. The monoisotopic (exact) mass is 323 g/mol. The molecule has 2 N–H and O–H groups in total. The van der Waals surface area contributed by atoms with Crippen LogP contribution in [0.1, 0.15) is 45.2 Å². The summed E-state index contributed by atoms with van der Waals surface area (Å²) in [5, 5.41) is 12.0. The molecule has 0 bridgehead atoms. The maximum atomic E-state index is 12.3. The summed E-state index contributed by atoms with van der Waals surface area (Å²) in [6.07, 6.45) is 2.18. The van der Waals surface area contributed by atoms with E-state index in [1.807, 2.05) is 37.3 Å². The number of rotatable bonds is 9. The lowest BCUT2D eigenvalue weighted by Gasteiger charge is -2.24. The first-order valence-corrected chi connectivity index (χ1v) is 8.72. The van der Waals surface area contributed by atoms with Gasteiger partial charge in [0.05, 0.1) is 17.2 Å². The number of aliphatic carboxylic acids is 1. The second-order valence-corrected chi connectivity index (χ2v) is 6.84. The van der Waals surface area contributed by atoms with Crippen molar-refractivity contribution in [1.82, 2.24) is 5.32 Å². The number of benzene rings is 1. The third-order valence-electron chi connectivity index (χ3n) is 3.58. The molecular formula is C17H25NO3S. The number of thioether (sulfide) groups is 1. The Hall–Kier alpha value is -1.49. The number of carboxylic acids is 1. The van der Waals surface area contributed by atoms with E-state index in [1.54, 1.807) is 18.7 Å². The zero-order valence-electron chi connectivity index (χ0n) is 13.4. The molecule has 0 fully saturated rings. The molecule has 0 radical (unpaired) electrons. The normalized spacial score (nSPS) is 14.9. The largest absolute Gasteiger partial charge is 0.481 e. The summed E-state index contributed by atoms with van der Waals surface area (Å²) in [5.74, 6) is -0.766. The van der Waals surface area contributed by atoms with Gasteiger partial charge in [-0.05, 0) is 31.6 Å². The van der Waals surface area contributed by atoms with Gasteiger partial charge in [0.2, 0.25) is 5.91 Å². The van der Waals surface area contributed by atoms with Gasteiger partial charge in [0, 0.05) is 0 Å². The molecule has 0 aliphatic rings. The minimum absolute atomic E-state index is 0.108. The second-order valence-electron chi connectivity index (χ2n) is 5.39. The summed E-state index contributed by atoms with van der Waals surface area (Å²) in [5.41, 5.74) is 0.816. The van der Waals surface area contributed by atoms with E-state index >= 15 is 0 Å². The van der Waals surface area contributed by atoms with Gasteiger partial charge in [0.15, 0.2) is 0 Å². The molecule has 0 aliphatic carbocycles. The molecule has 4 nitrogen and oxygen atoms in total. The van der Waals surface area contributed by atoms with Crippen molar-refractivity contribution in [3.05, 3.63) is 35.9 Å². The summed E-state index contributed by atoms with van der Waals surface area (Å²) in [6, 6.07) is 8.75. The highest BCUT2D eigenvalue weighted by Crippen LogP contribution is 2.23. The average Bonchev–Trinajstić information content (AvgIpc) is 2.52. The summed E-state index contributed by atoms with van der Waals surface area (Å²) >= 11 is 1.61. The van der Waals surface area contributed by atoms with Crippen molar-refractivity contribution in [1.29, 1.82) is 0 Å². The molecule has 3 atom stereocenters. The Morgan fingerprint density at radius 1 is 1.23 bits per heavy atom. The van der Waals surface area contributed by atoms with Crippen molar-refractivity contribution < 1.29 is 14.7 Å². The molecule has 0 saturated carbocycles. The van der Waals surface area contributed by atoms with Gasteiger partial charge in [-0.3, -0.25) is 9.59 Å². The van der Waals surface area contributed by atoms with Crippen LogP contribution >= 0.6 is 11.8 Å². The van der Waals surface area contributed by atoms with Gasteiger partial charge in [-0.15, -0.1) is 11.8 Å². The van der Waals surface area contributed by atoms with E-state index < -0.39 is 17.9 Å². The van der Waals surface area contributed by atoms with E-state index in [-0.39, 0.29) is 11.2 Å². The van der Waals surface area contributed by atoms with Crippen LogP contribution in [0.25, 0.3) is 0 Å². The molecule has 0 spiro atoms. The smallest absolute Gasteiger partial charge is 0.308 e. The molecule has 122 valence electrons. The predicted octanol–water partition coefficient (Wildman–Crippen LogP) is 3.49. The molecule has 1 rings (SSSR count). The lowest BCUT2D eigenvalue weighted by molar-refractivity contribution is -0.142. The van der Waals surface area contributed by atoms with Crippen molar-refractivity contribution in [2.75, 3.05) is 5.75 Å². The number of hydrogen-bond donors (Lipinski definition) is 2. The van der Waals surface area contributed by atoms with Gasteiger partial charge in [-0.2, -0.15) is 0 Å². The van der Waals surface area contributed by atoms with Crippen LogP contribution in [0.4, 0.5) is 0 Å². The Labute approximate surface area is 136 Å². The van der Waals surface area contributed by atoms with E-state index in [2.05, 4.69) is 12.2 Å². The predicted molar refractivity (Wildman–Crippen MR) is 91.0 cm³/mol. The van der Waals surface area contributed by atoms with Crippen molar-refractivity contribution in [3.63, 3.8) is 0 Å². The highest BCUT2D eigenvalue weighted by Gasteiger charge is 2.28. The van der Waals surface area contributed by atoms with Gasteiger partial charge < -0.3 is 10.4 Å². The number of amides is 1. The van der Waals surface area contributed by atoms with E-state index in [9.17, 15) is 14.7 Å². The Kier molecular flexibility index (Phi) is 8.02.